The summed E-state index contributed by atoms with van der Waals surface area (Å²) < 4.78 is 23.9. The van der Waals surface area contributed by atoms with E-state index in [1.165, 1.54) is 44.7 Å². The number of esters is 3. The Kier molecular flexibility index (Phi) is 11.5. The first kappa shape index (κ1) is 43.3. The second-order valence-corrected chi connectivity index (χ2v) is 18.8. The number of thioether (sulfide) groups is 1. The van der Waals surface area contributed by atoms with Crippen molar-refractivity contribution in [3.05, 3.63) is 82.9 Å². The number of carbonyl (C=O) groups is 5. The largest absolute Gasteiger partial charge is 0.457 e. The fourth-order valence-corrected chi connectivity index (χ4v) is 11.0. The van der Waals surface area contributed by atoms with E-state index in [2.05, 4.69) is 5.32 Å². The molecule has 5 N–H and O–H groups in total. The molecule has 1 saturated heterocycles. The van der Waals surface area contributed by atoms with Gasteiger partial charge >= 0.3 is 24.0 Å². The first-order chi connectivity index (χ1) is 27.0. The molecule has 1 amide bonds. The molecular weight excluding hydrogens is 771 g/mol. The number of rotatable bonds is 8. The number of hydrogen-bond acceptors (Lipinski definition) is 14. The zero-order valence-electron chi connectivity index (χ0n) is 33.9. The van der Waals surface area contributed by atoms with E-state index < -0.39 is 112 Å². The van der Waals surface area contributed by atoms with Gasteiger partial charge in [0, 0.05) is 29.8 Å². The molecule has 58 heavy (non-hydrogen) atoms. The first-order valence-corrected chi connectivity index (χ1v) is 20.4. The molecule has 3 aliphatic carbocycles. The van der Waals surface area contributed by atoms with E-state index in [1.807, 2.05) is 0 Å². The average molecular weight is 824 g/mol. The maximum absolute atomic E-state index is 15.0. The van der Waals surface area contributed by atoms with Crippen LogP contribution >= 0.6 is 11.8 Å². The number of nitrogens with one attached hydrogen (secondary N) is 1. The van der Waals surface area contributed by atoms with E-state index in [1.54, 1.807) is 83.1 Å². The maximum Gasteiger partial charge on any atom is 0.408 e. The number of aliphatic hydroxyl groups is 4. The van der Waals surface area contributed by atoms with Crippen LogP contribution < -0.4 is 5.32 Å². The number of benzene rings is 2. The van der Waals surface area contributed by atoms with Gasteiger partial charge in [-0.3, -0.25) is 9.59 Å². The lowest BCUT2D eigenvalue weighted by Gasteiger charge is -2.67. The van der Waals surface area contributed by atoms with Crippen molar-refractivity contribution in [1.82, 2.24) is 5.32 Å². The van der Waals surface area contributed by atoms with Gasteiger partial charge in [-0.15, -0.1) is 0 Å². The van der Waals surface area contributed by atoms with Crippen molar-refractivity contribution in [2.24, 2.45) is 16.7 Å². The number of ether oxygens (including phenoxy) is 4. The molecular formula is C43H53NO13S. The molecule has 1 heterocycles. The van der Waals surface area contributed by atoms with E-state index in [9.17, 15) is 44.4 Å². The van der Waals surface area contributed by atoms with Crippen molar-refractivity contribution in [3.63, 3.8) is 0 Å². The number of carbonyl (C=O) groups excluding carboxylic acids is 5. The third-order valence-corrected chi connectivity index (χ3v) is 14.2. The molecule has 2 aromatic carbocycles. The zero-order valence-corrected chi connectivity index (χ0v) is 34.7. The second-order valence-electron chi connectivity index (χ2n) is 17.6. The van der Waals surface area contributed by atoms with Gasteiger partial charge in [-0.2, -0.15) is 11.8 Å². The van der Waals surface area contributed by atoms with Gasteiger partial charge in [0.25, 0.3) is 0 Å². The van der Waals surface area contributed by atoms with E-state index in [4.69, 9.17) is 18.9 Å². The summed E-state index contributed by atoms with van der Waals surface area (Å²) in [6.07, 6.45) is -10.0. The fourth-order valence-electron chi connectivity index (χ4n) is 9.56. The van der Waals surface area contributed by atoms with Gasteiger partial charge in [0.2, 0.25) is 0 Å². The summed E-state index contributed by atoms with van der Waals surface area (Å²) in [5.74, 6) is -4.97. The first-order valence-electron chi connectivity index (χ1n) is 19.3. The van der Waals surface area contributed by atoms with Crippen molar-refractivity contribution < 1.29 is 63.3 Å². The van der Waals surface area contributed by atoms with Crippen LogP contribution in [0.4, 0.5) is 4.79 Å². The number of aliphatic hydroxyl groups excluding tert-OH is 3. The summed E-state index contributed by atoms with van der Waals surface area (Å²) in [6.45, 7) is 12.3. The molecule has 6 rings (SSSR count). The van der Waals surface area contributed by atoms with Crippen LogP contribution in [-0.2, 0) is 33.3 Å². The van der Waals surface area contributed by atoms with Crippen LogP contribution in [0, 0.1) is 16.7 Å². The highest BCUT2D eigenvalue weighted by atomic mass is 32.2. The maximum atomic E-state index is 15.0. The van der Waals surface area contributed by atoms with E-state index in [-0.39, 0.29) is 28.9 Å². The highest BCUT2D eigenvalue weighted by Gasteiger charge is 2.77. The standard InChI is InChI=1S/C43H53NO13S/c1-22-26(54-37(51)32(48)30(24-15-11-9-12-16-24)44-38(52)57-39(3,4)5)20-43(53)35(55-36(50)25-17-13-10-14-18-25)33-41(8,34(49)31(47)29(22)40(43,6)7)27(46)19-28-42(33,21-58-28)56-23(2)45/h9-18,26-28,30-33,35,46-48,53H,19-21H2,1-8H3,(H,44,52)/t26-,27-,28+,30-,31+,32+,33?,35-,41+,42-,43+/m0/s1. The summed E-state index contributed by atoms with van der Waals surface area (Å²) in [6, 6.07) is 14.8. The van der Waals surface area contributed by atoms with Gasteiger partial charge in [-0.1, -0.05) is 62.4 Å². The molecule has 1 aliphatic heterocycles. The van der Waals surface area contributed by atoms with Crippen LogP contribution in [0.2, 0.25) is 0 Å². The van der Waals surface area contributed by atoms with Crippen LogP contribution in [0.1, 0.15) is 90.2 Å². The summed E-state index contributed by atoms with van der Waals surface area (Å²) in [7, 11) is 0. The van der Waals surface area contributed by atoms with Crippen molar-refractivity contribution in [3.8, 4) is 0 Å². The summed E-state index contributed by atoms with van der Waals surface area (Å²) >= 11 is 1.38. The number of amides is 1. The second kappa shape index (κ2) is 15.4. The van der Waals surface area contributed by atoms with E-state index >= 15 is 0 Å². The van der Waals surface area contributed by atoms with Crippen LogP contribution in [0.3, 0.4) is 0 Å². The number of fused-ring (bicyclic) bond motifs is 5. The van der Waals surface area contributed by atoms with Crippen molar-refractivity contribution in [2.75, 3.05) is 5.75 Å². The van der Waals surface area contributed by atoms with Crippen molar-refractivity contribution in [1.29, 1.82) is 0 Å². The molecule has 2 saturated carbocycles. The minimum absolute atomic E-state index is 0.000643. The molecule has 3 fully saturated rings. The van der Waals surface area contributed by atoms with E-state index in [0.29, 0.717) is 5.56 Å². The molecule has 2 aromatic rings. The van der Waals surface area contributed by atoms with Gasteiger partial charge in [-0.25, -0.2) is 14.4 Å². The SMILES string of the molecule is CC(=O)O[C@@]12CS[C@@H]1C[C@H](O)[C@@]1(C)C(=O)[C@H](O)C3=C(C)[C@@H](OC(=O)[C@H](O)[C@@H](NC(=O)OC(C)(C)C)c4ccccc4)C[C@@](O)([C@@H](OC(=O)c4ccccc4)C12)C3(C)C. The Morgan fingerprint density at radius 3 is 2.10 bits per heavy atom. The molecule has 2 bridgehead atoms. The van der Waals surface area contributed by atoms with Crippen LogP contribution in [-0.4, -0.2) is 109 Å². The van der Waals surface area contributed by atoms with Gasteiger partial charge in [0.15, 0.2) is 11.9 Å². The predicted octanol–water partition coefficient (Wildman–Crippen LogP) is 3.98. The monoisotopic (exact) mass is 823 g/mol. The quantitative estimate of drug-likeness (QED) is 0.145. The molecule has 0 spiro atoms. The minimum Gasteiger partial charge on any atom is -0.457 e. The van der Waals surface area contributed by atoms with Gasteiger partial charge in [-0.05, 0) is 69.9 Å². The number of alkyl carbamates (subject to hydrolysis) is 1. The molecule has 11 atom stereocenters. The Morgan fingerprint density at radius 1 is 0.948 bits per heavy atom. The minimum atomic E-state index is -2.31. The van der Waals surface area contributed by atoms with Crippen LogP contribution in [0.25, 0.3) is 0 Å². The summed E-state index contributed by atoms with van der Waals surface area (Å²) in [4.78, 5) is 69.0. The lowest BCUT2D eigenvalue weighted by Crippen LogP contribution is -2.80. The van der Waals surface area contributed by atoms with Gasteiger partial charge in [0.05, 0.1) is 29.0 Å². The highest BCUT2D eigenvalue weighted by molar-refractivity contribution is 8.01. The third-order valence-electron chi connectivity index (χ3n) is 12.6. The van der Waals surface area contributed by atoms with Crippen LogP contribution in [0.15, 0.2) is 71.8 Å². The molecule has 14 nitrogen and oxygen atoms in total. The Morgan fingerprint density at radius 2 is 1.55 bits per heavy atom. The number of hydrogen-bond donors (Lipinski definition) is 5. The van der Waals surface area contributed by atoms with Crippen molar-refractivity contribution >= 4 is 41.5 Å². The molecule has 314 valence electrons. The Hall–Kier alpha value is -4.28. The smallest absolute Gasteiger partial charge is 0.408 e. The normalized spacial score (nSPS) is 33.7. The fraction of sp³-hybridized carbons (Fsp3) is 0.558. The highest BCUT2D eigenvalue weighted by Crippen LogP contribution is 2.66. The Labute approximate surface area is 341 Å². The summed E-state index contributed by atoms with van der Waals surface area (Å²) in [5.41, 5.74) is -7.71. The Balaban J connectivity index is 1.49. The molecule has 15 heteroatoms. The average Bonchev–Trinajstić information content (AvgIpc) is 3.14. The molecule has 0 radical (unpaired) electrons. The van der Waals surface area contributed by atoms with Gasteiger partial charge in [0.1, 0.15) is 35.1 Å². The van der Waals surface area contributed by atoms with Crippen molar-refractivity contribution in [2.45, 2.75) is 127 Å². The molecule has 1 unspecified atom stereocenters. The number of Topliss-reactive ketones (excluding diaryl/α,β-unsaturated/α-hetero) is 1. The molecule has 4 aliphatic rings. The Bertz CT molecular complexity index is 1980. The van der Waals surface area contributed by atoms with E-state index in [0.717, 1.165) is 0 Å². The van der Waals surface area contributed by atoms with Crippen LogP contribution in [0.5, 0.6) is 0 Å². The summed E-state index contributed by atoms with van der Waals surface area (Å²) in [5, 5.41) is 51.1. The number of ketones is 1. The lowest BCUT2D eigenvalue weighted by atomic mass is 9.45. The van der Waals surface area contributed by atoms with Gasteiger partial charge < -0.3 is 44.7 Å². The topological polar surface area (TPSA) is 215 Å². The molecule has 0 aromatic heterocycles. The predicted molar refractivity (Wildman–Crippen MR) is 210 cm³/mol. The third kappa shape index (κ3) is 7.22. The lowest BCUT2D eigenvalue weighted by molar-refractivity contribution is -0.260. The zero-order chi connectivity index (χ0) is 42.7.